The molecule has 6 heteroatoms. The smallest absolute Gasteiger partial charge is 0.318 e. The lowest BCUT2D eigenvalue weighted by atomic mass is 10.00. The van der Waals surface area contributed by atoms with Gasteiger partial charge in [0.2, 0.25) is 0 Å². The monoisotopic (exact) mass is 396 g/mol. The molecule has 1 heterocycles. The second kappa shape index (κ2) is 9.45. The van der Waals surface area contributed by atoms with Crippen LogP contribution in [0.5, 0.6) is 11.5 Å². The molecule has 3 rings (SSSR count). The number of likely N-dealkylation sites (tertiary alicyclic amines) is 1. The number of amides is 2. The Morgan fingerprint density at radius 1 is 1.10 bits per heavy atom. The third kappa shape index (κ3) is 4.70. The maximum absolute atomic E-state index is 13.0. The highest BCUT2D eigenvalue weighted by atomic mass is 16.5. The van der Waals surface area contributed by atoms with Gasteiger partial charge in [-0.3, -0.25) is 4.79 Å². The van der Waals surface area contributed by atoms with Gasteiger partial charge in [0.15, 0.2) is 5.78 Å². The molecule has 2 amide bonds. The highest BCUT2D eigenvalue weighted by Crippen LogP contribution is 2.25. The molecule has 2 aromatic carbocycles. The number of hydrogen-bond acceptors (Lipinski definition) is 4. The fourth-order valence-electron chi connectivity index (χ4n) is 3.82. The predicted octanol–water partition coefficient (Wildman–Crippen LogP) is 3.61. The zero-order valence-corrected chi connectivity index (χ0v) is 17.2. The molecule has 2 aromatic rings. The van der Waals surface area contributed by atoms with Crippen molar-refractivity contribution in [1.29, 1.82) is 0 Å². The molecule has 0 saturated carbocycles. The predicted molar refractivity (Wildman–Crippen MR) is 112 cm³/mol. The van der Waals surface area contributed by atoms with E-state index in [9.17, 15) is 9.59 Å². The Kier molecular flexibility index (Phi) is 6.75. The minimum Gasteiger partial charge on any atom is -0.496 e. The summed E-state index contributed by atoms with van der Waals surface area (Å²) in [5, 5.41) is 2.95. The fourth-order valence-corrected chi connectivity index (χ4v) is 3.82. The molecule has 0 bridgehead atoms. The molecule has 1 fully saturated rings. The van der Waals surface area contributed by atoms with Crippen LogP contribution in [0.2, 0.25) is 0 Å². The second-order valence-electron chi connectivity index (χ2n) is 7.19. The first-order chi connectivity index (χ1) is 14.0. The van der Waals surface area contributed by atoms with E-state index in [2.05, 4.69) is 5.32 Å². The number of methoxy groups -OCH3 is 2. The molecule has 1 N–H and O–H groups in total. The van der Waals surface area contributed by atoms with E-state index in [0.717, 1.165) is 29.0 Å². The highest BCUT2D eigenvalue weighted by molar-refractivity contribution is 6.02. The molecule has 29 heavy (non-hydrogen) atoms. The molecule has 1 aliphatic rings. The first-order valence-electron chi connectivity index (χ1n) is 9.90. The summed E-state index contributed by atoms with van der Waals surface area (Å²) in [4.78, 5) is 27.4. The molecule has 0 aromatic heterocycles. The van der Waals surface area contributed by atoms with Crippen molar-refractivity contribution in [2.75, 3.05) is 27.3 Å². The summed E-state index contributed by atoms with van der Waals surface area (Å²) < 4.78 is 10.6. The SMILES string of the molecule is COc1ccc(C(=O)C2CCCN2C(=O)NCCc2ccccc2OC)cc1C. The van der Waals surface area contributed by atoms with Crippen LogP contribution in [-0.4, -0.2) is 50.1 Å². The first-order valence-corrected chi connectivity index (χ1v) is 9.90. The first kappa shape index (κ1) is 20.7. The number of urea groups is 1. The van der Waals surface area contributed by atoms with E-state index in [1.807, 2.05) is 37.3 Å². The number of hydrogen-bond donors (Lipinski definition) is 1. The number of Topliss-reactive ketones (excluding diaryl/α,β-unsaturated/α-hetero) is 1. The van der Waals surface area contributed by atoms with E-state index in [1.54, 1.807) is 31.3 Å². The number of nitrogens with zero attached hydrogens (tertiary/aromatic N) is 1. The van der Waals surface area contributed by atoms with Crippen molar-refractivity contribution in [3.8, 4) is 11.5 Å². The van der Waals surface area contributed by atoms with Crippen LogP contribution in [0.4, 0.5) is 4.79 Å². The molecule has 0 aliphatic carbocycles. The molecular formula is C23H28N2O4. The number of para-hydroxylation sites is 1. The summed E-state index contributed by atoms with van der Waals surface area (Å²) in [5.41, 5.74) is 2.56. The number of rotatable bonds is 7. The topological polar surface area (TPSA) is 67.9 Å². The minimum absolute atomic E-state index is 0.0202. The van der Waals surface area contributed by atoms with E-state index in [-0.39, 0.29) is 11.8 Å². The van der Waals surface area contributed by atoms with Gasteiger partial charge in [-0.25, -0.2) is 4.79 Å². The molecule has 1 atom stereocenters. The fraction of sp³-hybridized carbons (Fsp3) is 0.391. The molecule has 0 radical (unpaired) electrons. The summed E-state index contributed by atoms with van der Waals surface area (Å²) in [5.74, 6) is 1.54. The molecule has 6 nitrogen and oxygen atoms in total. The van der Waals surface area contributed by atoms with Gasteiger partial charge in [-0.1, -0.05) is 18.2 Å². The summed E-state index contributed by atoms with van der Waals surface area (Å²) in [6.45, 7) is 2.98. The normalized spacial score (nSPS) is 15.8. The number of aryl methyl sites for hydroxylation is 1. The average Bonchev–Trinajstić information content (AvgIpc) is 3.23. The summed E-state index contributed by atoms with van der Waals surface area (Å²) in [7, 11) is 3.25. The van der Waals surface area contributed by atoms with E-state index in [1.165, 1.54) is 0 Å². The number of carbonyl (C=O) groups is 2. The third-order valence-corrected chi connectivity index (χ3v) is 5.36. The van der Waals surface area contributed by atoms with Crippen molar-refractivity contribution >= 4 is 11.8 Å². The Hall–Kier alpha value is -3.02. The lowest BCUT2D eigenvalue weighted by Crippen LogP contribution is -2.46. The van der Waals surface area contributed by atoms with Crippen molar-refractivity contribution in [2.45, 2.75) is 32.2 Å². The largest absolute Gasteiger partial charge is 0.496 e. The standard InChI is InChI=1S/C23H28N2O4/c1-16-15-18(10-11-20(16)28-2)22(26)19-8-6-14-25(19)23(27)24-13-12-17-7-4-5-9-21(17)29-3/h4-5,7,9-11,15,19H,6,8,12-14H2,1-3H3,(H,24,27). The maximum Gasteiger partial charge on any atom is 0.318 e. The van der Waals surface area contributed by atoms with Gasteiger partial charge in [-0.2, -0.15) is 0 Å². The number of benzene rings is 2. The molecule has 0 spiro atoms. The Morgan fingerprint density at radius 2 is 1.86 bits per heavy atom. The molecular weight excluding hydrogens is 368 g/mol. The van der Waals surface area contributed by atoms with Crippen molar-refractivity contribution in [3.63, 3.8) is 0 Å². The van der Waals surface area contributed by atoms with Crippen LogP contribution in [0.25, 0.3) is 0 Å². The summed E-state index contributed by atoms with van der Waals surface area (Å²) >= 11 is 0. The average molecular weight is 396 g/mol. The van der Waals surface area contributed by atoms with Crippen LogP contribution in [0, 0.1) is 6.92 Å². The van der Waals surface area contributed by atoms with Gasteiger partial charge in [0, 0.05) is 18.7 Å². The van der Waals surface area contributed by atoms with E-state index in [0.29, 0.717) is 31.5 Å². The van der Waals surface area contributed by atoms with Crippen molar-refractivity contribution in [2.24, 2.45) is 0 Å². The lowest BCUT2D eigenvalue weighted by molar-refractivity contribution is 0.0887. The van der Waals surface area contributed by atoms with Crippen LogP contribution in [-0.2, 0) is 6.42 Å². The zero-order chi connectivity index (χ0) is 20.8. The number of carbonyl (C=O) groups excluding carboxylic acids is 2. The molecule has 1 saturated heterocycles. The van der Waals surface area contributed by atoms with Crippen molar-refractivity contribution in [3.05, 3.63) is 59.2 Å². The Balaban J connectivity index is 1.61. The van der Waals surface area contributed by atoms with Gasteiger partial charge in [0.05, 0.1) is 20.3 Å². The Morgan fingerprint density at radius 3 is 2.59 bits per heavy atom. The van der Waals surface area contributed by atoms with Crippen LogP contribution in [0.3, 0.4) is 0 Å². The third-order valence-electron chi connectivity index (χ3n) is 5.36. The maximum atomic E-state index is 13.0. The molecule has 1 aliphatic heterocycles. The molecule has 154 valence electrons. The van der Waals surface area contributed by atoms with Gasteiger partial charge in [0.25, 0.3) is 0 Å². The summed E-state index contributed by atoms with van der Waals surface area (Å²) in [6, 6.07) is 12.5. The summed E-state index contributed by atoms with van der Waals surface area (Å²) in [6.07, 6.45) is 2.18. The second-order valence-corrected chi connectivity index (χ2v) is 7.19. The van der Waals surface area contributed by atoms with Gasteiger partial charge in [-0.15, -0.1) is 0 Å². The van der Waals surface area contributed by atoms with E-state index in [4.69, 9.17) is 9.47 Å². The highest BCUT2D eigenvalue weighted by Gasteiger charge is 2.34. The van der Waals surface area contributed by atoms with Crippen molar-refractivity contribution in [1.82, 2.24) is 10.2 Å². The van der Waals surface area contributed by atoms with E-state index < -0.39 is 6.04 Å². The minimum atomic E-state index is -0.422. The Labute approximate surface area is 171 Å². The van der Waals surface area contributed by atoms with Crippen LogP contribution in [0.1, 0.15) is 34.3 Å². The Bertz CT molecular complexity index is 881. The van der Waals surface area contributed by atoms with Crippen LogP contribution >= 0.6 is 0 Å². The number of nitrogens with one attached hydrogen (secondary N) is 1. The van der Waals surface area contributed by atoms with Crippen LogP contribution in [0.15, 0.2) is 42.5 Å². The number of ketones is 1. The van der Waals surface area contributed by atoms with E-state index >= 15 is 0 Å². The van der Waals surface area contributed by atoms with Gasteiger partial charge in [-0.05, 0) is 61.6 Å². The van der Waals surface area contributed by atoms with Gasteiger partial charge in [0.1, 0.15) is 11.5 Å². The van der Waals surface area contributed by atoms with Gasteiger partial charge >= 0.3 is 6.03 Å². The van der Waals surface area contributed by atoms with Gasteiger partial charge < -0.3 is 19.7 Å². The quantitative estimate of drug-likeness (QED) is 0.726. The molecule has 1 unspecified atom stereocenters. The van der Waals surface area contributed by atoms with Crippen molar-refractivity contribution < 1.29 is 19.1 Å². The number of ether oxygens (including phenoxy) is 2. The van der Waals surface area contributed by atoms with Crippen LogP contribution < -0.4 is 14.8 Å². The zero-order valence-electron chi connectivity index (χ0n) is 17.2. The lowest BCUT2D eigenvalue weighted by Gasteiger charge is -2.24.